The molecule has 1 saturated heterocycles. The van der Waals surface area contributed by atoms with Crippen molar-refractivity contribution in [2.75, 3.05) is 26.3 Å². The summed E-state index contributed by atoms with van der Waals surface area (Å²) in [6.07, 6.45) is 3.19. The van der Waals surface area contributed by atoms with Crippen molar-refractivity contribution >= 4 is 0 Å². The Morgan fingerprint density at radius 1 is 1.33 bits per heavy atom. The lowest BCUT2D eigenvalue weighted by Gasteiger charge is -2.28. The van der Waals surface area contributed by atoms with Crippen molar-refractivity contribution in [3.05, 3.63) is 35.6 Å². The van der Waals surface area contributed by atoms with E-state index in [9.17, 15) is 4.39 Å². The standard InChI is InChI=1S/C15H22FNO/c1-2-8-17-11-15(7-9-18-12-15)10-13-3-5-14(16)6-4-13/h3-6,17H,2,7-12H2,1H3. The van der Waals surface area contributed by atoms with Gasteiger partial charge in [0.05, 0.1) is 6.61 Å². The predicted molar refractivity (Wildman–Crippen MR) is 71.1 cm³/mol. The first kappa shape index (κ1) is 13.5. The number of hydrogen-bond acceptors (Lipinski definition) is 2. The molecule has 0 bridgehead atoms. The van der Waals surface area contributed by atoms with Crippen LogP contribution >= 0.6 is 0 Å². The van der Waals surface area contributed by atoms with Crippen LogP contribution in [-0.4, -0.2) is 26.3 Å². The van der Waals surface area contributed by atoms with Crippen LogP contribution in [0.2, 0.25) is 0 Å². The lowest BCUT2D eigenvalue weighted by Crippen LogP contribution is -2.37. The van der Waals surface area contributed by atoms with E-state index in [0.717, 1.165) is 45.6 Å². The van der Waals surface area contributed by atoms with Gasteiger partial charge in [-0.3, -0.25) is 0 Å². The fourth-order valence-corrected chi connectivity index (χ4v) is 2.56. The molecular formula is C15H22FNO. The van der Waals surface area contributed by atoms with E-state index in [0.29, 0.717) is 0 Å². The molecule has 18 heavy (non-hydrogen) atoms. The Hall–Kier alpha value is -0.930. The largest absolute Gasteiger partial charge is 0.381 e. The van der Waals surface area contributed by atoms with Gasteiger partial charge in [0.25, 0.3) is 0 Å². The van der Waals surface area contributed by atoms with Gasteiger partial charge >= 0.3 is 0 Å². The summed E-state index contributed by atoms with van der Waals surface area (Å²) in [5.74, 6) is -0.167. The van der Waals surface area contributed by atoms with Gasteiger partial charge in [-0.25, -0.2) is 4.39 Å². The summed E-state index contributed by atoms with van der Waals surface area (Å²) in [6, 6.07) is 6.85. The van der Waals surface area contributed by atoms with E-state index in [4.69, 9.17) is 4.74 Å². The molecule has 2 nitrogen and oxygen atoms in total. The van der Waals surface area contributed by atoms with E-state index in [1.54, 1.807) is 0 Å². The second-order valence-electron chi connectivity index (χ2n) is 5.28. The molecule has 100 valence electrons. The number of hydrogen-bond donors (Lipinski definition) is 1. The van der Waals surface area contributed by atoms with Crippen molar-refractivity contribution in [1.29, 1.82) is 0 Å². The molecule has 1 atom stereocenters. The Morgan fingerprint density at radius 3 is 2.72 bits per heavy atom. The quantitative estimate of drug-likeness (QED) is 0.785. The van der Waals surface area contributed by atoms with Gasteiger partial charge in [0, 0.05) is 18.6 Å². The summed E-state index contributed by atoms with van der Waals surface area (Å²) in [7, 11) is 0. The number of nitrogens with one attached hydrogen (secondary N) is 1. The maximum absolute atomic E-state index is 12.9. The Morgan fingerprint density at radius 2 is 2.11 bits per heavy atom. The number of ether oxygens (including phenoxy) is 1. The zero-order valence-corrected chi connectivity index (χ0v) is 11.0. The maximum atomic E-state index is 12.9. The van der Waals surface area contributed by atoms with Gasteiger partial charge in [-0.15, -0.1) is 0 Å². The van der Waals surface area contributed by atoms with Crippen molar-refractivity contribution in [3.8, 4) is 0 Å². The van der Waals surface area contributed by atoms with E-state index in [2.05, 4.69) is 12.2 Å². The monoisotopic (exact) mass is 251 g/mol. The van der Waals surface area contributed by atoms with Crippen LogP contribution < -0.4 is 5.32 Å². The third-order valence-electron chi connectivity index (χ3n) is 3.60. The minimum Gasteiger partial charge on any atom is -0.381 e. The molecule has 0 saturated carbocycles. The van der Waals surface area contributed by atoms with Gasteiger partial charge in [-0.05, 0) is 43.5 Å². The Labute approximate surface area is 109 Å². The zero-order valence-electron chi connectivity index (χ0n) is 11.0. The highest BCUT2D eigenvalue weighted by atomic mass is 19.1. The van der Waals surface area contributed by atoms with E-state index < -0.39 is 0 Å². The average Bonchev–Trinajstić information content (AvgIpc) is 2.82. The lowest BCUT2D eigenvalue weighted by atomic mass is 9.81. The Balaban J connectivity index is 1.99. The number of rotatable bonds is 6. The lowest BCUT2D eigenvalue weighted by molar-refractivity contribution is 0.149. The maximum Gasteiger partial charge on any atom is 0.123 e. The number of benzene rings is 1. The van der Waals surface area contributed by atoms with Crippen molar-refractivity contribution in [1.82, 2.24) is 5.32 Å². The molecule has 0 radical (unpaired) electrons. The van der Waals surface area contributed by atoms with Crippen LogP contribution in [0.4, 0.5) is 4.39 Å². The summed E-state index contributed by atoms with van der Waals surface area (Å²) >= 11 is 0. The third-order valence-corrected chi connectivity index (χ3v) is 3.60. The van der Waals surface area contributed by atoms with Crippen molar-refractivity contribution in [2.24, 2.45) is 5.41 Å². The van der Waals surface area contributed by atoms with Gasteiger partial charge < -0.3 is 10.1 Å². The van der Waals surface area contributed by atoms with Crippen LogP contribution in [0, 0.1) is 11.2 Å². The van der Waals surface area contributed by atoms with Crippen LogP contribution in [0.5, 0.6) is 0 Å². The molecule has 1 aromatic carbocycles. The molecule has 0 spiro atoms. The minimum absolute atomic E-state index is 0.167. The highest BCUT2D eigenvalue weighted by Gasteiger charge is 2.34. The van der Waals surface area contributed by atoms with Gasteiger partial charge in [0.2, 0.25) is 0 Å². The van der Waals surface area contributed by atoms with Gasteiger partial charge in [0.1, 0.15) is 5.82 Å². The topological polar surface area (TPSA) is 21.3 Å². The summed E-state index contributed by atoms with van der Waals surface area (Å²) < 4.78 is 18.5. The molecule has 1 N–H and O–H groups in total. The Kier molecular flexibility index (Phi) is 4.72. The molecule has 0 aliphatic carbocycles. The van der Waals surface area contributed by atoms with E-state index in [1.807, 2.05) is 12.1 Å². The number of halogens is 1. The van der Waals surface area contributed by atoms with Crippen LogP contribution in [0.1, 0.15) is 25.3 Å². The molecule has 1 unspecified atom stereocenters. The van der Waals surface area contributed by atoms with Crippen molar-refractivity contribution in [3.63, 3.8) is 0 Å². The third kappa shape index (κ3) is 3.53. The highest BCUT2D eigenvalue weighted by molar-refractivity contribution is 5.18. The fraction of sp³-hybridized carbons (Fsp3) is 0.600. The molecule has 1 aliphatic rings. The summed E-state index contributed by atoms with van der Waals surface area (Å²) in [5.41, 5.74) is 1.38. The van der Waals surface area contributed by atoms with E-state index in [1.165, 1.54) is 17.7 Å². The molecule has 0 amide bonds. The first-order valence-electron chi connectivity index (χ1n) is 6.77. The van der Waals surface area contributed by atoms with E-state index in [-0.39, 0.29) is 11.2 Å². The summed E-state index contributed by atoms with van der Waals surface area (Å²) in [5, 5.41) is 3.50. The Bertz CT molecular complexity index is 357. The summed E-state index contributed by atoms with van der Waals surface area (Å²) in [4.78, 5) is 0. The van der Waals surface area contributed by atoms with Crippen LogP contribution in [-0.2, 0) is 11.2 Å². The zero-order chi connectivity index (χ0) is 12.8. The molecular weight excluding hydrogens is 229 g/mol. The van der Waals surface area contributed by atoms with Crippen LogP contribution in [0.25, 0.3) is 0 Å². The smallest absolute Gasteiger partial charge is 0.123 e. The normalized spacial score (nSPS) is 23.4. The summed E-state index contributed by atoms with van der Waals surface area (Å²) in [6.45, 7) is 5.85. The molecule has 0 aromatic heterocycles. The first-order chi connectivity index (χ1) is 8.74. The minimum atomic E-state index is -0.167. The predicted octanol–water partition coefficient (Wildman–Crippen LogP) is 2.77. The van der Waals surface area contributed by atoms with Crippen LogP contribution in [0.3, 0.4) is 0 Å². The molecule has 2 rings (SSSR count). The van der Waals surface area contributed by atoms with Gasteiger partial charge in [-0.2, -0.15) is 0 Å². The van der Waals surface area contributed by atoms with Crippen LogP contribution in [0.15, 0.2) is 24.3 Å². The molecule has 1 fully saturated rings. The highest BCUT2D eigenvalue weighted by Crippen LogP contribution is 2.32. The van der Waals surface area contributed by atoms with Gasteiger partial charge in [0.15, 0.2) is 0 Å². The SMILES string of the molecule is CCCNCC1(Cc2ccc(F)cc2)CCOC1. The second kappa shape index (κ2) is 6.30. The van der Waals surface area contributed by atoms with Gasteiger partial charge in [-0.1, -0.05) is 19.1 Å². The molecule has 3 heteroatoms. The molecule has 1 aromatic rings. The first-order valence-corrected chi connectivity index (χ1v) is 6.77. The average molecular weight is 251 g/mol. The second-order valence-corrected chi connectivity index (χ2v) is 5.28. The molecule has 1 aliphatic heterocycles. The van der Waals surface area contributed by atoms with Crippen molar-refractivity contribution < 1.29 is 9.13 Å². The van der Waals surface area contributed by atoms with E-state index >= 15 is 0 Å². The molecule has 1 heterocycles. The van der Waals surface area contributed by atoms with Crippen molar-refractivity contribution in [2.45, 2.75) is 26.2 Å². The fourth-order valence-electron chi connectivity index (χ4n) is 2.56.